The third-order valence-electron chi connectivity index (χ3n) is 5.75. The van der Waals surface area contributed by atoms with Gasteiger partial charge in [-0.2, -0.15) is 0 Å². The average Bonchev–Trinajstić information content (AvgIpc) is 3.11. The first-order chi connectivity index (χ1) is 9.74. The fourth-order valence-electron chi connectivity index (χ4n) is 4.74. The molecule has 3 rings (SSSR count). The van der Waals surface area contributed by atoms with Gasteiger partial charge in [-0.15, -0.1) is 0 Å². The number of likely N-dealkylation sites (tertiary alicyclic amines) is 1. The molecular weight excluding hydrogens is 250 g/mol. The molecule has 3 nitrogen and oxygen atoms in total. The van der Waals surface area contributed by atoms with Gasteiger partial charge in [-0.1, -0.05) is 39.0 Å². The molecule has 0 N–H and O–H groups in total. The summed E-state index contributed by atoms with van der Waals surface area (Å²) >= 11 is 0. The maximum atomic E-state index is 12.5. The van der Waals surface area contributed by atoms with Gasteiger partial charge in [-0.3, -0.25) is 14.5 Å². The third kappa shape index (κ3) is 2.29. The molecule has 0 aromatic carbocycles. The zero-order chi connectivity index (χ0) is 14.1. The van der Waals surface area contributed by atoms with Gasteiger partial charge in [0, 0.05) is 6.54 Å². The number of carbonyl (C=O) groups excluding carboxylic acids is 2. The molecule has 3 fully saturated rings. The van der Waals surface area contributed by atoms with E-state index in [0.717, 1.165) is 19.3 Å². The van der Waals surface area contributed by atoms with E-state index < -0.39 is 0 Å². The summed E-state index contributed by atoms with van der Waals surface area (Å²) in [6.07, 6.45) is 10.7. The van der Waals surface area contributed by atoms with Crippen LogP contribution in [0.15, 0.2) is 0 Å². The van der Waals surface area contributed by atoms with Crippen molar-refractivity contribution in [1.82, 2.24) is 4.90 Å². The first-order valence-electron chi connectivity index (χ1n) is 8.59. The molecular formula is C17H27NO2. The number of amides is 2. The van der Waals surface area contributed by atoms with E-state index in [0.29, 0.717) is 18.4 Å². The Morgan fingerprint density at radius 3 is 2.05 bits per heavy atom. The first kappa shape index (κ1) is 14.1. The molecule has 0 radical (unpaired) electrons. The largest absolute Gasteiger partial charge is 0.282 e. The lowest BCUT2D eigenvalue weighted by Gasteiger charge is -2.19. The van der Waals surface area contributed by atoms with Crippen LogP contribution in [-0.2, 0) is 9.59 Å². The standard InChI is InChI=1S/C17H27NO2/c1-2-3-4-5-6-7-10-18-16(19)14-12-8-9-13(11-12)15(14)17(18)20/h12-15H,2-11H2,1H3. The lowest BCUT2D eigenvalue weighted by Crippen LogP contribution is -2.33. The Kier molecular flexibility index (Phi) is 4.13. The molecule has 0 spiro atoms. The smallest absolute Gasteiger partial charge is 0.233 e. The van der Waals surface area contributed by atoms with Crippen LogP contribution in [0.1, 0.15) is 64.7 Å². The topological polar surface area (TPSA) is 37.4 Å². The van der Waals surface area contributed by atoms with Gasteiger partial charge >= 0.3 is 0 Å². The van der Waals surface area contributed by atoms with Gasteiger partial charge in [0.05, 0.1) is 11.8 Å². The van der Waals surface area contributed by atoms with Gasteiger partial charge < -0.3 is 0 Å². The van der Waals surface area contributed by atoms with Crippen LogP contribution in [0.2, 0.25) is 0 Å². The molecule has 2 saturated carbocycles. The number of imide groups is 1. The first-order valence-corrected chi connectivity index (χ1v) is 8.59. The van der Waals surface area contributed by atoms with Crippen LogP contribution >= 0.6 is 0 Å². The third-order valence-corrected chi connectivity index (χ3v) is 5.75. The second-order valence-electron chi connectivity index (χ2n) is 6.98. The highest BCUT2D eigenvalue weighted by molar-refractivity contribution is 6.06. The summed E-state index contributed by atoms with van der Waals surface area (Å²) in [5, 5.41) is 0. The van der Waals surface area contributed by atoms with Crippen LogP contribution < -0.4 is 0 Å². The molecule has 4 atom stereocenters. The van der Waals surface area contributed by atoms with Crippen molar-refractivity contribution < 1.29 is 9.59 Å². The Balaban J connectivity index is 1.49. The van der Waals surface area contributed by atoms with Gasteiger partial charge in [0.2, 0.25) is 11.8 Å². The molecule has 1 heterocycles. The molecule has 2 bridgehead atoms. The van der Waals surface area contributed by atoms with Crippen molar-refractivity contribution in [2.45, 2.75) is 64.7 Å². The molecule has 2 amide bonds. The summed E-state index contributed by atoms with van der Waals surface area (Å²) in [4.78, 5) is 26.5. The predicted octanol–water partition coefficient (Wildman–Crippen LogP) is 3.38. The van der Waals surface area contributed by atoms with Crippen molar-refractivity contribution in [3.63, 3.8) is 0 Å². The second kappa shape index (κ2) is 5.87. The summed E-state index contributed by atoms with van der Waals surface area (Å²) in [6.45, 7) is 2.89. The van der Waals surface area contributed by atoms with Crippen LogP contribution in [0.25, 0.3) is 0 Å². The minimum Gasteiger partial charge on any atom is -0.282 e. The molecule has 3 heteroatoms. The van der Waals surface area contributed by atoms with Crippen molar-refractivity contribution >= 4 is 11.8 Å². The van der Waals surface area contributed by atoms with E-state index in [9.17, 15) is 9.59 Å². The number of carbonyl (C=O) groups is 2. The minimum absolute atomic E-state index is 0.0707. The van der Waals surface area contributed by atoms with Crippen molar-refractivity contribution in [1.29, 1.82) is 0 Å². The van der Waals surface area contributed by atoms with E-state index in [2.05, 4.69) is 6.92 Å². The molecule has 2 aliphatic carbocycles. The molecule has 4 unspecified atom stereocenters. The molecule has 1 saturated heterocycles. The molecule has 0 aromatic heterocycles. The Bertz CT molecular complexity index is 364. The maximum absolute atomic E-state index is 12.5. The lowest BCUT2D eigenvalue weighted by molar-refractivity contribution is -0.140. The molecule has 112 valence electrons. The summed E-state index contributed by atoms with van der Waals surface area (Å²) in [5.74, 6) is 1.52. The van der Waals surface area contributed by atoms with Gasteiger partial charge in [-0.05, 0) is 37.5 Å². The van der Waals surface area contributed by atoms with Crippen molar-refractivity contribution in [3.05, 3.63) is 0 Å². The zero-order valence-electron chi connectivity index (χ0n) is 12.6. The predicted molar refractivity (Wildman–Crippen MR) is 77.9 cm³/mol. The number of hydrogen-bond donors (Lipinski definition) is 0. The number of hydrogen-bond acceptors (Lipinski definition) is 2. The Morgan fingerprint density at radius 2 is 1.45 bits per heavy atom. The van der Waals surface area contributed by atoms with Gasteiger partial charge in [0.25, 0.3) is 0 Å². The number of rotatable bonds is 7. The van der Waals surface area contributed by atoms with Gasteiger partial charge in [0.1, 0.15) is 0 Å². The highest BCUT2D eigenvalue weighted by atomic mass is 16.2. The van der Waals surface area contributed by atoms with E-state index >= 15 is 0 Å². The average molecular weight is 277 g/mol. The number of nitrogens with zero attached hydrogens (tertiary/aromatic N) is 1. The summed E-state index contributed by atoms with van der Waals surface area (Å²) in [5.41, 5.74) is 0. The Morgan fingerprint density at radius 1 is 0.900 bits per heavy atom. The van der Waals surface area contributed by atoms with Crippen LogP contribution in [0, 0.1) is 23.7 Å². The quantitative estimate of drug-likeness (QED) is 0.528. The van der Waals surface area contributed by atoms with Crippen molar-refractivity contribution in [2.24, 2.45) is 23.7 Å². The van der Waals surface area contributed by atoms with Crippen LogP contribution in [0.4, 0.5) is 0 Å². The summed E-state index contributed by atoms with van der Waals surface area (Å²) in [7, 11) is 0. The second-order valence-corrected chi connectivity index (χ2v) is 6.98. The zero-order valence-corrected chi connectivity index (χ0v) is 12.6. The minimum atomic E-state index is 0.0707. The van der Waals surface area contributed by atoms with Crippen LogP contribution in [-0.4, -0.2) is 23.3 Å². The fraction of sp³-hybridized carbons (Fsp3) is 0.882. The number of fused-ring (bicyclic) bond motifs is 5. The van der Waals surface area contributed by atoms with E-state index in [1.807, 2.05) is 0 Å². The molecule has 1 aliphatic heterocycles. The normalized spacial score (nSPS) is 35.1. The monoisotopic (exact) mass is 277 g/mol. The van der Waals surface area contributed by atoms with Gasteiger partial charge in [0.15, 0.2) is 0 Å². The van der Waals surface area contributed by atoms with Crippen molar-refractivity contribution in [3.8, 4) is 0 Å². The highest BCUT2D eigenvalue weighted by Gasteiger charge is 2.60. The van der Waals surface area contributed by atoms with E-state index in [-0.39, 0.29) is 23.7 Å². The SMILES string of the molecule is CCCCCCCCN1C(=O)C2C3CCC(C3)C2C1=O. The molecule has 20 heavy (non-hydrogen) atoms. The van der Waals surface area contributed by atoms with Crippen LogP contribution in [0.5, 0.6) is 0 Å². The van der Waals surface area contributed by atoms with E-state index in [1.54, 1.807) is 4.90 Å². The van der Waals surface area contributed by atoms with Gasteiger partial charge in [-0.25, -0.2) is 0 Å². The summed E-state index contributed by atoms with van der Waals surface area (Å²) in [6, 6.07) is 0. The maximum Gasteiger partial charge on any atom is 0.233 e. The van der Waals surface area contributed by atoms with E-state index in [4.69, 9.17) is 0 Å². The van der Waals surface area contributed by atoms with E-state index in [1.165, 1.54) is 38.5 Å². The fourth-order valence-corrected chi connectivity index (χ4v) is 4.74. The lowest BCUT2D eigenvalue weighted by atomic mass is 9.81. The van der Waals surface area contributed by atoms with Crippen molar-refractivity contribution in [2.75, 3.05) is 6.54 Å². The Hall–Kier alpha value is -0.860. The number of unbranched alkanes of at least 4 members (excludes halogenated alkanes) is 5. The Labute approximate surface area is 122 Å². The summed E-state index contributed by atoms with van der Waals surface area (Å²) < 4.78 is 0. The van der Waals surface area contributed by atoms with Crippen LogP contribution in [0.3, 0.4) is 0 Å². The highest BCUT2D eigenvalue weighted by Crippen LogP contribution is 2.56. The molecule has 0 aromatic rings. The molecule has 3 aliphatic rings.